The lowest BCUT2D eigenvalue weighted by Gasteiger charge is -2.05. The van der Waals surface area contributed by atoms with E-state index in [1.807, 2.05) is 24.3 Å². The molecule has 12 heteroatoms. The van der Waals surface area contributed by atoms with Gasteiger partial charge in [-0.25, -0.2) is 0 Å². The van der Waals surface area contributed by atoms with Crippen LogP contribution < -0.4 is 10.4 Å². The first-order valence-corrected chi connectivity index (χ1v) is 10.7. The number of rotatable bonds is 0. The van der Waals surface area contributed by atoms with Crippen LogP contribution in [-0.4, -0.2) is 22.8 Å². The lowest BCUT2D eigenvalue weighted by molar-refractivity contribution is 1.27. The minimum absolute atomic E-state index is 0.0735. The first-order chi connectivity index (χ1) is 16.6. The highest BCUT2D eigenvalue weighted by Crippen LogP contribution is 2.30. The molecule has 2 aliphatic rings. The average Bonchev–Trinajstić information content (AvgIpc) is 3.65. The second-order valence-corrected chi connectivity index (χ2v) is 8.78. The molecule has 4 heterocycles. The van der Waals surface area contributed by atoms with Crippen molar-refractivity contribution in [3.8, 4) is 36.4 Å². The second kappa shape index (κ2) is 7.57. The van der Waals surface area contributed by atoms with E-state index in [-0.39, 0.29) is 34.0 Å². The van der Waals surface area contributed by atoms with Gasteiger partial charge >= 0.3 is 0 Å². The van der Waals surface area contributed by atoms with Crippen molar-refractivity contribution in [1.29, 1.82) is 31.6 Å². The van der Waals surface area contributed by atoms with Crippen molar-refractivity contribution in [1.82, 2.24) is 0 Å². The smallest absolute Gasteiger partial charge is 0.173 e. The molecule has 2 aliphatic heterocycles. The van der Waals surface area contributed by atoms with E-state index in [4.69, 9.17) is 0 Å². The molecule has 3 aromatic rings. The lowest BCUT2D eigenvalue weighted by atomic mass is 9.96. The number of hydrogen-bond acceptors (Lipinski definition) is 12. The Morgan fingerprint density at radius 1 is 0.500 bits per heavy atom. The maximum atomic E-state index is 9.63. The van der Waals surface area contributed by atoms with Gasteiger partial charge in [-0.2, -0.15) is 31.6 Å². The summed E-state index contributed by atoms with van der Waals surface area (Å²) in [6.45, 7) is 0. The SMILES string of the molecule is N#CC1=NN=C(C#N)C1=c1c2cc(C#N)sc2c(=C2C(C#N)=NN=C2C#N)c2cc(C#N)sc12. The molecule has 0 amide bonds. The molecular formula is C22H2N10S2. The van der Waals surface area contributed by atoms with Gasteiger partial charge in [0.2, 0.25) is 0 Å². The number of thiophene rings is 2. The quantitative estimate of drug-likeness (QED) is 0.481. The molecule has 0 saturated heterocycles. The standard InChI is InChI=1S/C22H2N10S2/c23-3-9-1-11-17(19-13(5-25)29-30-14(19)6-26)22-12(2-10(4-24)34-22)18(21(11)33-9)20-15(7-27)31-32-16(20)8-28/h1-2H. The lowest BCUT2D eigenvalue weighted by Crippen LogP contribution is -2.23. The summed E-state index contributed by atoms with van der Waals surface area (Å²) in [6, 6.07) is 15.2. The first kappa shape index (κ1) is 20.4. The van der Waals surface area contributed by atoms with Crippen LogP contribution in [0.25, 0.3) is 31.3 Å². The summed E-state index contributed by atoms with van der Waals surface area (Å²) in [7, 11) is 0. The van der Waals surface area contributed by atoms with Gasteiger partial charge < -0.3 is 0 Å². The summed E-state index contributed by atoms with van der Waals surface area (Å²) < 4.78 is 1.02. The highest BCUT2D eigenvalue weighted by atomic mass is 32.1. The molecule has 0 fully saturated rings. The number of nitrogens with zero attached hydrogens (tertiary/aromatic N) is 10. The summed E-state index contributed by atoms with van der Waals surface area (Å²) in [5.74, 6) is 0. The zero-order valence-corrected chi connectivity index (χ0v) is 18.1. The molecule has 0 saturated carbocycles. The van der Waals surface area contributed by atoms with Crippen molar-refractivity contribution < 1.29 is 0 Å². The van der Waals surface area contributed by atoms with Gasteiger partial charge in [0, 0.05) is 30.6 Å². The Morgan fingerprint density at radius 2 is 0.824 bits per heavy atom. The molecule has 1 aromatic carbocycles. The Kier molecular flexibility index (Phi) is 4.54. The Bertz CT molecular complexity index is 1750. The van der Waals surface area contributed by atoms with Gasteiger partial charge in [0.05, 0.1) is 11.1 Å². The number of fused-ring (bicyclic) bond motifs is 2. The Labute approximate surface area is 197 Å². The van der Waals surface area contributed by atoms with Crippen molar-refractivity contribution in [2.45, 2.75) is 0 Å². The van der Waals surface area contributed by atoms with Crippen molar-refractivity contribution in [3.05, 3.63) is 32.3 Å². The topological polar surface area (TPSA) is 192 Å². The molecule has 0 N–H and O–H groups in total. The minimum atomic E-state index is -0.0735. The van der Waals surface area contributed by atoms with Crippen LogP contribution >= 0.6 is 22.7 Å². The Balaban J connectivity index is 2.22. The van der Waals surface area contributed by atoms with E-state index < -0.39 is 0 Å². The summed E-state index contributed by atoms with van der Waals surface area (Å²) in [6.07, 6.45) is 0. The normalized spacial score (nSPS) is 14.3. The van der Waals surface area contributed by atoms with Crippen LogP contribution in [0, 0.1) is 68.0 Å². The van der Waals surface area contributed by atoms with Crippen molar-refractivity contribution in [2.75, 3.05) is 0 Å². The molecule has 0 atom stereocenters. The van der Waals surface area contributed by atoms with Gasteiger partial charge in [-0.05, 0) is 12.1 Å². The largest absolute Gasteiger partial charge is 0.192 e. The van der Waals surface area contributed by atoms with E-state index in [2.05, 4.69) is 32.5 Å². The highest BCUT2D eigenvalue weighted by molar-refractivity contribution is 7.21. The van der Waals surface area contributed by atoms with Gasteiger partial charge in [0.15, 0.2) is 22.8 Å². The zero-order chi connectivity index (χ0) is 24.0. The summed E-state index contributed by atoms with van der Waals surface area (Å²) in [5.41, 5.74) is 0.0947. The third-order valence-electron chi connectivity index (χ3n) is 5.05. The highest BCUT2D eigenvalue weighted by Gasteiger charge is 2.28. The van der Waals surface area contributed by atoms with Crippen molar-refractivity contribution in [3.63, 3.8) is 0 Å². The van der Waals surface area contributed by atoms with Gasteiger partial charge in [0.25, 0.3) is 0 Å². The Hall–Kier alpha value is -5.50. The molecule has 10 nitrogen and oxygen atoms in total. The van der Waals surface area contributed by atoms with E-state index >= 15 is 0 Å². The van der Waals surface area contributed by atoms with E-state index in [0.29, 0.717) is 40.4 Å². The molecular weight excluding hydrogens is 468 g/mol. The second-order valence-electron chi connectivity index (χ2n) is 6.67. The van der Waals surface area contributed by atoms with Crippen molar-refractivity contribution in [2.24, 2.45) is 20.4 Å². The molecule has 0 aliphatic carbocycles. The van der Waals surface area contributed by atoms with E-state index in [9.17, 15) is 31.6 Å². The minimum Gasteiger partial charge on any atom is -0.192 e. The summed E-state index contributed by atoms with van der Waals surface area (Å²) in [5, 5.41) is 74.8. The molecule has 152 valence electrons. The third kappa shape index (κ3) is 2.66. The fourth-order valence-corrected chi connectivity index (χ4v) is 5.84. The van der Waals surface area contributed by atoms with Gasteiger partial charge in [-0.1, -0.05) is 0 Å². The summed E-state index contributed by atoms with van der Waals surface area (Å²) >= 11 is 2.22. The first-order valence-electron chi connectivity index (χ1n) is 9.11. The molecule has 0 unspecified atom stereocenters. The van der Waals surface area contributed by atoms with E-state index in [1.165, 1.54) is 0 Å². The van der Waals surface area contributed by atoms with Crippen LogP contribution in [0.3, 0.4) is 0 Å². The molecule has 0 bridgehead atoms. The summed E-state index contributed by atoms with van der Waals surface area (Å²) in [4.78, 5) is 0.647. The molecule has 2 aromatic heterocycles. The fraction of sp³-hybridized carbons (Fsp3) is 0. The van der Waals surface area contributed by atoms with Crippen LogP contribution in [0.4, 0.5) is 0 Å². The average molecular weight is 470 g/mol. The predicted molar refractivity (Wildman–Crippen MR) is 125 cm³/mol. The molecule has 0 radical (unpaired) electrons. The molecule has 34 heavy (non-hydrogen) atoms. The Morgan fingerprint density at radius 3 is 1.09 bits per heavy atom. The maximum Gasteiger partial charge on any atom is 0.173 e. The maximum absolute atomic E-state index is 9.63. The van der Waals surface area contributed by atoms with Crippen LogP contribution in [0.15, 0.2) is 32.5 Å². The van der Waals surface area contributed by atoms with Gasteiger partial charge in [-0.3, -0.25) is 0 Å². The molecule has 0 spiro atoms. The zero-order valence-electron chi connectivity index (χ0n) is 16.4. The monoisotopic (exact) mass is 470 g/mol. The van der Waals surface area contributed by atoms with E-state index in [1.54, 1.807) is 12.1 Å². The molecule has 5 rings (SSSR count). The third-order valence-corrected chi connectivity index (χ3v) is 7.16. The van der Waals surface area contributed by atoms with Crippen LogP contribution in [-0.2, 0) is 0 Å². The van der Waals surface area contributed by atoms with Gasteiger partial charge in [0.1, 0.15) is 46.2 Å². The number of benzene rings is 1. The number of hydrogen-bond donors (Lipinski definition) is 0. The number of nitriles is 6. The van der Waals surface area contributed by atoms with E-state index in [0.717, 1.165) is 22.7 Å². The van der Waals surface area contributed by atoms with Crippen LogP contribution in [0.5, 0.6) is 0 Å². The predicted octanol–water partition coefficient (Wildman–Crippen LogP) is 1.88. The van der Waals surface area contributed by atoms with Crippen LogP contribution in [0.1, 0.15) is 9.75 Å². The van der Waals surface area contributed by atoms with Crippen LogP contribution in [0.2, 0.25) is 0 Å². The van der Waals surface area contributed by atoms with Crippen molar-refractivity contribution >= 4 is 76.8 Å². The van der Waals surface area contributed by atoms with Gasteiger partial charge in [-0.15, -0.1) is 43.1 Å². The fourth-order valence-electron chi connectivity index (χ4n) is 3.79.